The van der Waals surface area contributed by atoms with E-state index < -0.39 is 54.3 Å². The molecule has 0 aromatic carbocycles. The van der Waals surface area contributed by atoms with Crippen molar-refractivity contribution in [1.29, 1.82) is 5.26 Å². The number of halogens is 15. The molecule has 0 aliphatic carbocycles. The molecule has 0 saturated carbocycles. The predicted molar refractivity (Wildman–Crippen MR) is 47.8 cm³/mol. The standard InChI is InChI=1S/C9F15NO2/c10-2(11)3(12)26-9(23,24)6(17,7(18,19)20)27-8(21,22)5(15,16)4(13,14)1-25. The maximum atomic E-state index is 13.4. The second-order valence-corrected chi connectivity index (χ2v) is 4.13. The highest BCUT2D eigenvalue weighted by Gasteiger charge is 2.84. The average molecular weight is 439 g/mol. The summed E-state index contributed by atoms with van der Waals surface area (Å²) in [5.74, 6) is -21.5. The minimum Gasteiger partial charge on any atom is -0.398 e. The molecular formula is C9F15NO2. The molecule has 0 aromatic rings. The molecule has 27 heavy (non-hydrogen) atoms. The predicted octanol–water partition coefficient (Wildman–Crippen LogP) is 5.26. The lowest BCUT2D eigenvalue weighted by molar-refractivity contribution is -0.524. The second-order valence-electron chi connectivity index (χ2n) is 4.13. The van der Waals surface area contributed by atoms with Crippen molar-refractivity contribution in [3.05, 3.63) is 12.1 Å². The van der Waals surface area contributed by atoms with Crippen molar-refractivity contribution in [1.82, 2.24) is 0 Å². The van der Waals surface area contributed by atoms with Gasteiger partial charge in [0, 0.05) is 0 Å². The van der Waals surface area contributed by atoms with Gasteiger partial charge in [-0.3, -0.25) is 4.74 Å². The molecule has 1 atom stereocenters. The highest BCUT2D eigenvalue weighted by molar-refractivity contribution is 5.07. The van der Waals surface area contributed by atoms with E-state index in [0.717, 1.165) is 0 Å². The normalized spacial score (nSPS) is 16.4. The van der Waals surface area contributed by atoms with E-state index in [0.29, 0.717) is 0 Å². The van der Waals surface area contributed by atoms with E-state index >= 15 is 0 Å². The molecule has 0 radical (unpaired) electrons. The first-order valence-corrected chi connectivity index (χ1v) is 5.37. The van der Waals surface area contributed by atoms with Gasteiger partial charge in [-0.2, -0.15) is 71.1 Å². The van der Waals surface area contributed by atoms with E-state index in [4.69, 9.17) is 5.26 Å². The molecule has 0 N–H and O–H groups in total. The first-order valence-electron chi connectivity index (χ1n) is 5.37. The highest BCUT2D eigenvalue weighted by atomic mass is 19.4. The topological polar surface area (TPSA) is 42.2 Å². The zero-order valence-corrected chi connectivity index (χ0v) is 11.4. The molecular weight excluding hydrogens is 439 g/mol. The van der Waals surface area contributed by atoms with Gasteiger partial charge in [0.05, 0.1) is 0 Å². The fourth-order valence-corrected chi connectivity index (χ4v) is 0.993. The van der Waals surface area contributed by atoms with Gasteiger partial charge in [-0.25, -0.2) is 0 Å². The monoisotopic (exact) mass is 439 g/mol. The van der Waals surface area contributed by atoms with Crippen LogP contribution in [-0.4, -0.2) is 36.1 Å². The molecule has 158 valence electrons. The fraction of sp³-hybridized carbons (Fsp3) is 0.667. The van der Waals surface area contributed by atoms with Crippen molar-refractivity contribution in [3.8, 4) is 6.07 Å². The third-order valence-electron chi connectivity index (χ3n) is 2.27. The van der Waals surface area contributed by atoms with Gasteiger partial charge in [0.15, 0.2) is 0 Å². The zero-order chi connectivity index (χ0) is 22.3. The van der Waals surface area contributed by atoms with E-state index in [1.54, 1.807) is 0 Å². The molecule has 0 aliphatic heterocycles. The molecule has 0 saturated heterocycles. The summed E-state index contributed by atoms with van der Waals surface area (Å²) < 4.78 is 191. The first-order chi connectivity index (χ1) is 11.6. The van der Waals surface area contributed by atoms with Crippen LogP contribution in [-0.2, 0) is 9.47 Å². The zero-order valence-electron chi connectivity index (χ0n) is 11.4. The Morgan fingerprint density at radius 3 is 1.41 bits per heavy atom. The molecule has 0 spiro atoms. The van der Waals surface area contributed by atoms with E-state index in [1.807, 2.05) is 4.74 Å². The van der Waals surface area contributed by atoms with Crippen molar-refractivity contribution in [3.63, 3.8) is 0 Å². The van der Waals surface area contributed by atoms with Gasteiger partial charge in [-0.1, -0.05) is 0 Å². The van der Waals surface area contributed by atoms with Crippen molar-refractivity contribution >= 4 is 0 Å². The Labute approximate surface area is 136 Å². The summed E-state index contributed by atoms with van der Waals surface area (Å²) in [7, 11) is 0. The molecule has 3 nitrogen and oxygen atoms in total. The molecule has 18 heteroatoms. The van der Waals surface area contributed by atoms with Gasteiger partial charge in [-0.15, -0.1) is 0 Å². The van der Waals surface area contributed by atoms with Crippen LogP contribution in [0.5, 0.6) is 0 Å². The number of hydrogen-bond acceptors (Lipinski definition) is 3. The van der Waals surface area contributed by atoms with E-state index in [2.05, 4.69) is 0 Å². The molecule has 0 amide bonds. The maximum Gasteiger partial charge on any atom is 0.471 e. The number of ether oxygens (including phenoxy) is 2. The van der Waals surface area contributed by atoms with E-state index in [-0.39, 0.29) is 0 Å². The second kappa shape index (κ2) is 6.83. The van der Waals surface area contributed by atoms with Crippen LogP contribution in [0.3, 0.4) is 0 Å². The quantitative estimate of drug-likeness (QED) is 0.402. The minimum atomic E-state index is -7.58. The molecule has 1 unspecified atom stereocenters. The molecule has 0 aliphatic rings. The molecule has 0 aromatic heterocycles. The number of nitrogens with zero attached hydrogens (tertiary/aromatic N) is 1. The number of alkyl halides is 12. The Morgan fingerprint density at radius 1 is 0.704 bits per heavy atom. The van der Waals surface area contributed by atoms with Gasteiger partial charge < -0.3 is 4.74 Å². The summed E-state index contributed by atoms with van der Waals surface area (Å²) in [4.78, 5) is 0. The lowest BCUT2D eigenvalue weighted by Crippen LogP contribution is -2.65. The SMILES string of the molecule is N#CC(F)(F)C(F)(F)C(F)(F)OC(F)(C(F)(F)F)C(F)(F)OC(F)=C(F)F. The lowest BCUT2D eigenvalue weighted by Gasteiger charge is -2.37. The maximum absolute atomic E-state index is 13.4. The van der Waals surface area contributed by atoms with Crippen LogP contribution >= 0.6 is 0 Å². The van der Waals surface area contributed by atoms with Crippen LogP contribution in [0.4, 0.5) is 65.9 Å². The molecule has 0 bridgehead atoms. The van der Waals surface area contributed by atoms with Crippen molar-refractivity contribution in [2.75, 3.05) is 0 Å². The van der Waals surface area contributed by atoms with Gasteiger partial charge >= 0.3 is 48.2 Å². The number of hydrogen-bond donors (Lipinski definition) is 0. The van der Waals surface area contributed by atoms with Crippen LogP contribution in [0.2, 0.25) is 0 Å². The third-order valence-corrected chi connectivity index (χ3v) is 2.27. The fourth-order valence-electron chi connectivity index (χ4n) is 0.993. The van der Waals surface area contributed by atoms with E-state index in [9.17, 15) is 65.9 Å². The molecule has 0 fully saturated rings. The Morgan fingerprint density at radius 2 is 1.11 bits per heavy atom. The Hall–Kier alpha value is -2.06. The van der Waals surface area contributed by atoms with Gasteiger partial charge in [0.1, 0.15) is 6.07 Å². The van der Waals surface area contributed by atoms with Crippen molar-refractivity contribution < 1.29 is 75.3 Å². The number of rotatable bonds is 7. The Kier molecular flexibility index (Phi) is 6.31. The minimum absolute atomic E-state index is 0.834. The largest absolute Gasteiger partial charge is 0.471 e. The molecule has 0 rings (SSSR count). The van der Waals surface area contributed by atoms with Crippen LogP contribution in [0, 0.1) is 11.3 Å². The summed E-state index contributed by atoms with van der Waals surface area (Å²) in [5, 5.41) is 7.59. The molecule has 0 heterocycles. The van der Waals surface area contributed by atoms with Gasteiger partial charge in [0.25, 0.3) is 0 Å². The summed E-state index contributed by atoms with van der Waals surface area (Å²) in [6.45, 7) is 0. The van der Waals surface area contributed by atoms with Crippen LogP contribution in [0.15, 0.2) is 12.1 Å². The van der Waals surface area contributed by atoms with Crippen LogP contribution in [0.1, 0.15) is 0 Å². The van der Waals surface area contributed by atoms with E-state index in [1.165, 1.54) is 4.74 Å². The number of nitriles is 1. The summed E-state index contributed by atoms with van der Waals surface area (Å²) >= 11 is 0. The summed E-state index contributed by atoms with van der Waals surface area (Å²) in [5.41, 5.74) is 0. The van der Waals surface area contributed by atoms with Crippen LogP contribution in [0.25, 0.3) is 0 Å². The average Bonchev–Trinajstić information content (AvgIpc) is 2.44. The van der Waals surface area contributed by atoms with Gasteiger partial charge in [0.2, 0.25) is 0 Å². The summed E-state index contributed by atoms with van der Waals surface area (Å²) in [6.07, 6.45) is -26.4. The van der Waals surface area contributed by atoms with Crippen molar-refractivity contribution in [2.24, 2.45) is 0 Å². The smallest absolute Gasteiger partial charge is 0.398 e. The van der Waals surface area contributed by atoms with Crippen LogP contribution < -0.4 is 0 Å². The Balaban J connectivity index is 6.37. The lowest BCUT2D eigenvalue weighted by atomic mass is 10.1. The van der Waals surface area contributed by atoms with Crippen molar-refractivity contribution in [2.45, 2.75) is 36.1 Å². The van der Waals surface area contributed by atoms with Gasteiger partial charge in [-0.05, 0) is 0 Å². The summed E-state index contributed by atoms with van der Waals surface area (Å²) in [6, 6.07) is -4.81. The first kappa shape index (κ1) is 24.9. The Bertz CT molecular complexity index is 628. The third kappa shape index (κ3) is 4.27. The highest BCUT2D eigenvalue weighted by Crippen LogP contribution is 2.55.